The standard InChI is InChI=1S/C25H30N2O4/c1-5-7-21-22(24(28)30-6-2)23(27-25(29)26-21)18-10-12-20(13-11-18)31-15-19-14-16(3)8-9-17(19)4/h8-14,23H,5-7,15H2,1-4H3,(H2,26,27,29). The van der Waals surface area contributed by atoms with Crippen molar-refractivity contribution in [3.63, 3.8) is 0 Å². The molecule has 0 spiro atoms. The molecule has 31 heavy (non-hydrogen) atoms. The number of carbonyl (C=O) groups is 2. The average Bonchev–Trinajstić information content (AvgIpc) is 2.74. The summed E-state index contributed by atoms with van der Waals surface area (Å²) in [6, 6.07) is 12.9. The van der Waals surface area contributed by atoms with Crippen LogP contribution in [0.2, 0.25) is 0 Å². The summed E-state index contributed by atoms with van der Waals surface area (Å²) in [4.78, 5) is 24.9. The summed E-state index contributed by atoms with van der Waals surface area (Å²) < 4.78 is 11.2. The first kappa shape index (κ1) is 22.4. The highest BCUT2D eigenvalue weighted by atomic mass is 16.5. The van der Waals surface area contributed by atoms with E-state index in [2.05, 4.69) is 42.7 Å². The fourth-order valence-electron chi connectivity index (χ4n) is 3.64. The first-order chi connectivity index (χ1) is 14.9. The largest absolute Gasteiger partial charge is 0.489 e. The maximum Gasteiger partial charge on any atom is 0.338 e. The molecule has 1 aliphatic rings. The van der Waals surface area contributed by atoms with Crippen LogP contribution in [0.25, 0.3) is 0 Å². The first-order valence-corrected chi connectivity index (χ1v) is 10.7. The van der Waals surface area contributed by atoms with E-state index in [9.17, 15) is 9.59 Å². The summed E-state index contributed by atoms with van der Waals surface area (Å²) in [5, 5.41) is 5.62. The quantitative estimate of drug-likeness (QED) is 0.596. The lowest BCUT2D eigenvalue weighted by atomic mass is 9.94. The van der Waals surface area contributed by atoms with Crippen LogP contribution in [0.15, 0.2) is 53.7 Å². The monoisotopic (exact) mass is 422 g/mol. The Labute approximate surface area is 183 Å². The molecule has 2 amide bonds. The van der Waals surface area contributed by atoms with Crippen molar-refractivity contribution in [3.8, 4) is 5.75 Å². The molecule has 164 valence electrons. The van der Waals surface area contributed by atoms with Crippen LogP contribution in [0.5, 0.6) is 5.75 Å². The Hall–Kier alpha value is -3.28. The molecule has 1 aliphatic heterocycles. The Morgan fingerprint density at radius 1 is 1.06 bits per heavy atom. The van der Waals surface area contributed by atoms with Crippen molar-refractivity contribution < 1.29 is 19.1 Å². The summed E-state index contributed by atoms with van der Waals surface area (Å²) in [5.41, 5.74) is 5.39. The number of amides is 2. The Balaban J connectivity index is 1.81. The second-order valence-electron chi connectivity index (χ2n) is 7.68. The number of nitrogens with one attached hydrogen (secondary N) is 2. The van der Waals surface area contributed by atoms with E-state index in [1.54, 1.807) is 6.92 Å². The number of urea groups is 1. The van der Waals surface area contributed by atoms with E-state index >= 15 is 0 Å². The maximum absolute atomic E-state index is 12.7. The molecule has 6 heteroatoms. The molecular formula is C25H30N2O4. The van der Waals surface area contributed by atoms with Crippen LogP contribution < -0.4 is 15.4 Å². The van der Waals surface area contributed by atoms with Gasteiger partial charge in [0.05, 0.1) is 18.2 Å². The molecule has 0 aliphatic carbocycles. The van der Waals surface area contributed by atoms with Gasteiger partial charge in [-0.2, -0.15) is 0 Å². The number of aryl methyl sites for hydroxylation is 2. The number of rotatable bonds is 8. The number of carbonyl (C=O) groups excluding carboxylic acids is 2. The van der Waals surface area contributed by atoms with E-state index < -0.39 is 12.0 Å². The molecule has 0 bridgehead atoms. The van der Waals surface area contributed by atoms with Crippen molar-refractivity contribution in [3.05, 3.63) is 76.0 Å². The number of ether oxygens (including phenoxy) is 2. The first-order valence-electron chi connectivity index (χ1n) is 10.7. The summed E-state index contributed by atoms with van der Waals surface area (Å²) in [6.07, 6.45) is 1.39. The fourth-order valence-corrected chi connectivity index (χ4v) is 3.64. The molecular weight excluding hydrogens is 392 g/mol. The van der Waals surface area contributed by atoms with Crippen LogP contribution in [0.4, 0.5) is 4.79 Å². The zero-order chi connectivity index (χ0) is 22.4. The predicted molar refractivity (Wildman–Crippen MR) is 120 cm³/mol. The minimum Gasteiger partial charge on any atom is -0.489 e. The number of allylic oxidation sites excluding steroid dienone is 1. The van der Waals surface area contributed by atoms with Gasteiger partial charge in [-0.15, -0.1) is 0 Å². The predicted octanol–water partition coefficient (Wildman–Crippen LogP) is 4.85. The van der Waals surface area contributed by atoms with Gasteiger partial charge in [0, 0.05) is 5.70 Å². The van der Waals surface area contributed by atoms with E-state index in [4.69, 9.17) is 9.47 Å². The Morgan fingerprint density at radius 3 is 2.48 bits per heavy atom. The molecule has 3 rings (SSSR count). The third kappa shape index (κ3) is 5.45. The van der Waals surface area contributed by atoms with E-state index in [-0.39, 0.29) is 12.6 Å². The van der Waals surface area contributed by atoms with Crippen molar-refractivity contribution in [1.82, 2.24) is 10.6 Å². The molecule has 0 radical (unpaired) electrons. The smallest absolute Gasteiger partial charge is 0.338 e. The normalized spacial score (nSPS) is 15.9. The molecule has 0 saturated carbocycles. The molecule has 2 aromatic rings. The molecule has 0 fully saturated rings. The summed E-state index contributed by atoms with van der Waals surface area (Å²) in [7, 11) is 0. The summed E-state index contributed by atoms with van der Waals surface area (Å²) in [5.74, 6) is 0.305. The van der Waals surface area contributed by atoms with Gasteiger partial charge < -0.3 is 20.1 Å². The molecule has 0 saturated heterocycles. The molecule has 2 N–H and O–H groups in total. The van der Waals surface area contributed by atoms with Gasteiger partial charge in [-0.3, -0.25) is 0 Å². The van der Waals surface area contributed by atoms with Crippen molar-refractivity contribution in [2.75, 3.05) is 6.61 Å². The van der Waals surface area contributed by atoms with Crippen LogP contribution in [-0.2, 0) is 16.1 Å². The van der Waals surface area contributed by atoms with Crippen LogP contribution in [0.1, 0.15) is 55.0 Å². The van der Waals surface area contributed by atoms with Gasteiger partial charge in [0.1, 0.15) is 12.4 Å². The number of hydrogen-bond acceptors (Lipinski definition) is 4. The topological polar surface area (TPSA) is 76.7 Å². The minimum atomic E-state index is -0.567. The van der Waals surface area contributed by atoms with Gasteiger partial charge in [0.15, 0.2) is 0 Å². The van der Waals surface area contributed by atoms with Crippen molar-refractivity contribution >= 4 is 12.0 Å². The van der Waals surface area contributed by atoms with Crippen molar-refractivity contribution in [2.24, 2.45) is 0 Å². The molecule has 1 atom stereocenters. The second kappa shape index (κ2) is 10.2. The lowest BCUT2D eigenvalue weighted by Crippen LogP contribution is -2.46. The molecule has 1 heterocycles. The number of esters is 1. The Morgan fingerprint density at radius 2 is 1.81 bits per heavy atom. The van der Waals surface area contributed by atoms with Crippen molar-refractivity contribution in [1.29, 1.82) is 0 Å². The lowest BCUT2D eigenvalue weighted by Gasteiger charge is -2.29. The lowest BCUT2D eigenvalue weighted by molar-refractivity contribution is -0.139. The van der Waals surface area contributed by atoms with E-state index in [0.29, 0.717) is 24.3 Å². The Kier molecular flexibility index (Phi) is 7.34. The molecule has 2 aromatic carbocycles. The summed E-state index contributed by atoms with van der Waals surface area (Å²) >= 11 is 0. The SMILES string of the molecule is CCCC1=C(C(=O)OCC)C(c2ccc(OCc3cc(C)ccc3C)cc2)NC(=O)N1. The highest BCUT2D eigenvalue weighted by Crippen LogP contribution is 2.30. The van der Waals surface area contributed by atoms with Crippen LogP contribution >= 0.6 is 0 Å². The summed E-state index contributed by atoms with van der Waals surface area (Å²) in [6.45, 7) is 8.65. The van der Waals surface area contributed by atoms with Gasteiger partial charge in [-0.1, -0.05) is 49.2 Å². The van der Waals surface area contributed by atoms with Gasteiger partial charge in [0.2, 0.25) is 0 Å². The zero-order valence-corrected chi connectivity index (χ0v) is 18.6. The van der Waals surface area contributed by atoms with Gasteiger partial charge >= 0.3 is 12.0 Å². The highest BCUT2D eigenvalue weighted by Gasteiger charge is 2.33. The minimum absolute atomic E-state index is 0.271. The molecule has 1 unspecified atom stereocenters. The van der Waals surface area contributed by atoms with E-state index in [0.717, 1.165) is 23.3 Å². The maximum atomic E-state index is 12.7. The highest BCUT2D eigenvalue weighted by molar-refractivity contribution is 5.95. The van der Waals surface area contributed by atoms with Crippen molar-refractivity contribution in [2.45, 2.75) is 53.2 Å². The zero-order valence-electron chi connectivity index (χ0n) is 18.6. The second-order valence-corrected chi connectivity index (χ2v) is 7.68. The van der Waals surface area contributed by atoms with E-state index in [1.807, 2.05) is 31.2 Å². The van der Waals surface area contributed by atoms with Crippen LogP contribution in [0, 0.1) is 13.8 Å². The number of benzene rings is 2. The number of hydrogen-bond donors (Lipinski definition) is 2. The molecule has 6 nitrogen and oxygen atoms in total. The fraction of sp³-hybridized carbons (Fsp3) is 0.360. The van der Waals surface area contributed by atoms with Crippen LogP contribution in [0.3, 0.4) is 0 Å². The third-order valence-corrected chi connectivity index (χ3v) is 5.26. The van der Waals surface area contributed by atoms with Crippen LogP contribution in [-0.4, -0.2) is 18.6 Å². The van der Waals surface area contributed by atoms with Gasteiger partial charge in [-0.05, 0) is 56.0 Å². The van der Waals surface area contributed by atoms with Gasteiger partial charge in [0.25, 0.3) is 0 Å². The van der Waals surface area contributed by atoms with Gasteiger partial charge in [-0.25, -0.2) is 9.59 Å². The molecule has 0 aromatic heterocycles. The van der Waals surface area contributed by atoms with E-state index in [1.165, 1.54) is 11.1 Å². The third-order valence-electron chi connectivity index (χ3n) is 5.26. The average molecular weight is 423 g/mol. The Bertz CT molecular complexity index is 980.